The number of aromatic nitrogens is 2. The maximum absolute atomic E-state index is 5.57. The average Bonchev–Trinajstić information content (AvgIpc) is 2.74. The largest absolute Gasteiger partial charge is 0.332 e. The molecule has 0 amide bonds. The second kappa shape index (κ2) is 6.87. The molecule has 134 valence electrons. The minimum Gasteiger partial charge on any atom is -0.332 e. The summed E-state index contributed by atoms with van der Waals surface area (Å²) in [7, 11) is 0. The van der Waals surface area contributed by atoms with Crippen LogP contribution in [0.4, 0.5) is 11.4 Å². The van der Waals surface area contributed by atoms with E-state index in [1.54, 1.807) is 12.4 Å². The van der Waals surface area contributed by atoms with Crippen LogP contribution >= 0.6 is 12.2 Å². The summed E-state index contributed by atoms with van der Waals surface area (Å²) in [5.74, 6) is 0. The van der Waals surface area contributed by atoms with Gasteiger partial charge in [-0.15, -0.1) is 0 Å². The molecule has 2 N–H and O–H groups in total. The van der Waals surface area contributed by atoms with E-state index in [2.05, 4.69) is 50.9 Å². The van der Waals surface area contributed by atoms with Gasteiger partial charge in [-0.25, -0.2) is 0 Å². The van der Waals surface area contributed by atoms with Gasteiger partial charge in [-0.1, -0.05) is 30.3 Å². The second-order valence-corrected chi connectivity index (χ2v) is 6.97. The summed E-state index contributed by atoms with van der Waals surface area (Å²) in [5.41, 5.74) is 2.77. The Kier molecular flexibility index (Phi) is 4.07. The minimum atomic E-state index is 0.536. The standard InChI is InChI=1S/C23H16N4S/c28-23(26-18-8-7-15-4-1-2-5-16(15)12-18)27-21-13-17-9-11-24-14-20(17)22-19(21)6-3-10-25-22/h1-14H,(H2,26,27,28). The number of hydrogen-bond acceptors (Lipinski definition) is 3. The third-order valence-corrected chi connectivity index (χ3v) is 4.97. The van der Waals surface area contributed by atoms with Gasteiger partial charge in [0, 0.05) is 35.1 Å². The van der Waals surface area contributed by atoms with Gasteiger partial charge in [0.1, 0.15) is 0 Å². The smallest absolute Gasteiger partial charge is 0.175 e. The van der Waals surface area contributed by atoms with Crippen LogP contribution in [0.25, 0.3) is 32.4 Å². The Labute approximate surface area is 167 Å². The molecule has 5 aromatic rings. The van der Waals surface area contributed by atoms with Crippen molar-refractivity contribution >= 4 is 61.2 Å². The number of fused-ring (bicyclic) bond motifs is 4. The molecule has 0 saturated carbocycles. The van der Waals surface area contributed by atoms with E-state index in [-0.39, 0.29) is 0 Å². The molecular weight excluding hydrogens is 364 g/mol. The summed E-state index contributed by atoms with van der Waals surface area (Å²) in [4.78, 5) is 8.79. The number of thiocarbonyl (C=S) groups is 1. The Bertz CT molecular complexity index is 1350. The molecule has 0 saturated heterocycles. The fourth-order valence-electron chi connectivity index (χ4n) is 3.45. The van der Waals surface area contributed by atoms with Crippen LogP contribution in [0.15, 0.2) is 85.3 Å². The van der Waals surface area contributed by atoms with Crippen LogP contribution in [0.3, 0.4) is 0 Å². The Morgan fingerprint density at radius 1 is 0.750 bits per heavy atom. The van der Waals surface area contributed by atoms with Crippen molar-refractivity contribution in [3.63, 3.8) is 0 Å². The van der Waals surface area contributed by atoms with Crippen LogP contribution in [-0.4, -0.2) is 15.1 Å². The lowest BCUT2D eigenvalue weighted by molar-refractivity contribution is 1.36. The normalized spacial score (nSPS) is 11.0. The first-order valence-corrected chi connectivity index (χ1v) is 9.37. The third-order valence-electron chi connectivity index (χ3n) is 4.76. The monoisotopic (exact) mass is 380 g/mol. The third kappa shape index (κ3) is 3.02. The molecule has 5 rings (SSSR count). The van der Waals surface area contributed by atoms with Crippen molar-refractivity contribution in [1.82, 2.24) is 9.97 Å². The molecule has 0 bridgehead atoms. The Balaban J connectivity index is 1.49. The first-order chi connectivity index (χ1) is 13.8. The van der Waals surface area contributed by atoms with Crippen molar-refractivity contribution in [2.24, 2.45) is 0 Å². The zero-order valence-corrected chi connectivity index (χ0v) is 15.7. The van der Waals surface area contributed by atoms with Gasteiger partial charge in [0.2, 0.25) is 0 Å². The number of benzene rings is 3. The van der Waals surface area contributed by atoms with Gasteiger partial charge >= 0.3 is 0 Å². The van der Waals surface area contributed by atoms with E-state index in [1.807, 2.05) is 42.6 Å². The van der Waals surface area contributed by atoms with Crippen LogP contribution in [-0.2, 0) is 0 Å². The van der Waals surface area contributed by atoms with E-state index in [1.165, 1.54) is 10.8 Å². The topological polar surface area (TPSA) is 49.8 Å². The minimum absolute atomic E-state index is 0.536. The number of rotatable bonds is 2. The van der Waals surface area contributed by atoms with E-state index in [9.17, 15) is 0 Å². The highest BCUT2D eigenvalue weighted by Gasteiger charge is 2.09. The maximum atomic E-state index is 5.57. The summed E-state index contributed by atoms with van der Waals surface area (Å²) < 4.78 is 0. The van der Waals surface area contributed by atoms with Crippen molar-refractivity contribution in [2.75, 3.05) is 10.6 Å². The molecule has 0 spiro atoms. The fourth-order valence-corrected chi connectivity index (χ4v) is 3.68. The van der Waals surface area contributed by atoms with Crippen molar-refractivity contribution in [3.05, 3.63) is 85.3 Å². The van der Waals surface area contributed by atoms with Gasteiger partial charge in [-0.3, -0.25) is 9.97 Å². The van der Waals surface area contributed by atoms with Crippen LogP contribution in [0.2, 0.25) is 0 Å². The second-order valence-electron chi connectivity index (χ2n) is 6.56. The molecule has 0 atom stereocenters. The van der Waals surface area contributed by atoms with E-state index in [4.69, 9.17) is 12.2 Å². The summed E-state index contributed by atoms with van der Waals surface area (Å²) in [6, 6.07) is 22.5. The molecule has 3 aromatic carbocycles. The van der Waals surface area contributed by atoms with Gasteiger partial charge in [0.25, 0.3) is 0 Å². The first-order valence-electron chi connectivity index (χ1n) is 8.96. The molecule has 0 aliphatic carbocycles. The van der Waals surface area contributed by atoms with Gasteiger partial charge in [-0.05, 0) is 64.8 Å². The quantitative estimate of drug-likeness (QED) is 0.302. The molecule has 0 aliphatic heterocycles. The van der Waals surface area contributed by atoms with Gasteiger partial charge in [-0.2, -0.15) is 0 Å². The number of pyridine rings is 2. The van der Waals surface area contributed by atoms with E-state index < -0.39 is 0 Å². The number of nitrogens with zero attached hydrogens (tertiary/aromatic N) is 2. The van der Waals surface area contributed by atoms with Crippen molar-refractivity contribution < 1.29 is 0 Å². The van der Waals surface area contributed by atoms with Gasteiger partial charge in [0.05, 0.1) is 11.2 Å². The zero-order chi connectivity index (χ0) is 18.9. The number of nitrogens with one attached hydrogen (secondary N) is 2. The Hall–Kier alpha value is -3.57. The summed E-state index contributed by atoms with van der Waals surface area (Å²) in [6.07, 6.45) is 5.43. The molecule has 0 aliphatic rings. The molecular formula is C23H16N4S. The highest BCUT2D eigenvalue weighted by atomic mass is 32.1. The number of hydrogen-bond donors (Lipinski definition) is 2. The fraction of sp³-hybridized carbons (Fsp3) is 0. The molecule has 0 unspecified atom stereocenters. The molecule has 4 nitrogen and oxygen atoms in total. The van der Waals surface area contributed by atoms with Crippen molar-refractivity contribution in [1.29, 1.82) is 0 Å². The lowest BCUT2D eigenvalue weighted by Gasteiger charge is -2.14. The predicted octanol–water partition coefficient (Wildman–Crippen LogP) is 5.75. The van der Waals surface area contributed by atoms with Crippen LogP contribution < -0.4 is 10.6 Å². The van der Waals surface area contributed by atoms with Crippen LogP contribution in [0.5, 0.6) is 0 Å². The number of anilines is 2. The Morgan fingerprint density at radius 2 is 1.64 bits per heavy atom. The summed E-state index contributed by atoms with van der Waals surface area (Å²) in [5, 5.41) is 12.6. The van der Waals surface area contributed by atoms with E-state index in [0.717, 1.165) is 33.1 Å². The van der Waals surface area contributed by atoms with Crippen molar-refractivity contribution in [3.8, 4) is 0 Å². The van der Waals surface area contributed by atoms with E-state index in [0.29, 0.717) is 5.11 Å². The molecule has 0 fully saturated rings. The molecule has 0 radical (unpaired) electrons. The zero-order valence-electron chi connectivity index (χ0n) is 14.9. The van der Waals surface area contributed by atoms with Gasteiger partial charge < -0.3 is 10.6 Å². The molecule has 2 aromatic heterocycles. The highest BCUT2D eigenvalue weighted by molar-refractivity contribution is 7.80. The predicted molar refractivity (Wildman–Crippen MR) is 121 cm³/mol. The lowest BCUT2D eigenvalue weighted by atomic mass is 10.1. The van der Waals surface area contributed by atoms with E-state index >= 15 is 0 Å². The van der Waals surface area contributed by atoms with Crippen LogP contribution in [0, 0.1) is 0 Å². The average molecular weight is 380 g/mol. The molecule has 5 heteroatoms. The van der Waals surface area contributed by atoms with Crippen molar-refractivity contribution in [2.45, 2.75) is 0 Å². The highest BCUT2D eigenvalue weighted by Crippen LogP contribution is 2.30. The molecule has 28 heavy (non-hydrogen) atoms. The summed E-state index contributed by atoms with van der Waals surface area (Å²) in [6.45, 7) is 0. The summed E-state index contributed by atoms with van der Waals surface area (Å²) >= 11 is 5.57. The first kappa shape index (κ1) is 16.6. The Morgan fingerprint density at radius 3 is 2.57 bits per heavy atom. The van der Waals surface area contributed by atoms with Crippen LogP contribution in [0.1, 0.15) is 0 Å². The SMILES string of the molecule is S=C(Nc1ccc2ccccc2c1)Nc1cc2ccncc2c2ncccc12. The lowest BCUT2D eigenvalue weighted by Crippen LogP contribution is -2.19. The maximum Gasteiger partial charge on any atom is 0.175 e. The van der Waals surface area contributed by atoms with Gasteiger partial charge in [0.15, 0.2) is 5.11 Å². The molecule has 2 heterocycles.